The number of benzene rings is 2. The van der Waals surface area contributed by atoms with Crippen LogP contribution in [0.2, 0.25) is 0 Å². The molecular formula is C16H12F3N3O2S. The van der Waals surface area contributed by atoms with Gasteiger partial charge >= 0.3 is 0 Å². The summed E-state index contributed by atoms with van der Waals surface area (Å²) >= 11 is 0. The fraction of sp³-hybridized carbons (Fsp3) is 0.0625. The Hall–Kier alpha value is -2.81. The van der Waals surface area contributed by atoms with Gasteiger partial charge in [-0.25, -0.2) is 21.6 Å². The predicted octanol–water partition coefficient (Wildman–Crippen LogP) is 3.15. The van der Waals surface area contributed by atoms with Crippen molar-refractivity contribution in [1.29, 1.82) is 0 Å². The maximum absolute atomic E-state index is 13.7. The molecule has 5 nitrogen and oxygen atoms in total. The van der Waals surface area contributed by atoms with Crippen LogP contribution in [0.4, 0.5) is 18.9 Å². The highest BCUT2D eigenvalue weighted by atomic mass is 32.2. The van der Waals surface area contributed by atoms with Crippen LogP contribution in [0.15, 0.2) is 59.8 Å². The summed E-state index contributed by atoms with van der Waals surface area (Å²) < 4.78 is 68.3. The third-order valence-corrected chi connectivity index (χ3v) is 4.77. The minimum atomic E-state index is -4.42. The number of aromatic nitrogens is 2. The van der Waals surface area contributed by atoms with E-state index in [1.54, 1.807) is 35.3 Å². The first-order chi connectivity index (χ1) is 11.9. The molecule has 2 aromatic carbocycles. The monoisotopic (exact) mass is 367 g/mol. The number of anilines is 1. The second kappa shape index (κ2) is 6.60. The van der Waals surface area contributed by atoms with E-state index < -0.39 is 32.4 Å². The molecule has 0 radical (unpaired) electrons. The van der Waals surface area contributed by atoms with E-state index in [-0.39, 0.29) is 5.69 Å². The zero-order valence-corrected chi connectivity index (χ0v) is 13.5. The fourth-order valence-corrected chi connectivity index (χ4v) is 3.36. The van der Waals surface area contributed by atoms with E-state index in [2.05, 4.69) is 9.82 Å². The molecule has 3 aromatic rings. The molecule has 0 saturated heterocycles. The molecule has 0 atom stereocenters. The first kappa shape index (κ1) is 17.0. The number of hydrogen-bond acceptors (Lipinski definition) is 3. The van der Waals surface area contributed by atoms with Gasteiger partial charge in [-0.15, -0.1) is 0 Å². The van der Waals surface area contributed by atoms with Gasteiger partial charge in [-0.2, -0.15) is 5.10 Å². The molecule has 0 fully saturated rings. The molecule has 1 aromatic heterocycles. The third kappa shape index (κ3) is 3.66. The maximum atomic E-state index is 13.7. The number of nitrogens with one attached hydrogen (secondary N) is 1. The average molecular weight is 367 g/mol. The number of halogens is 3. The predicted molar refractivity (Wildman–Crippen MR) is 84.9 cm³/mol. The highest BCUT2D eigenvalue weighted by Crippen LogP contribution is 2.23. The SMILES string of the molecule is O=S(=O)(Nc1cccc(Cn2cccn2)c1)c1ccc(F)c(F)c1F. The molecular weight excluding hydrogens is 355 g/mol. The van der Waals surface area contributed by atoms with Crippen LogP contribution in [-0.4, -0.2) is 18.2 Å². The van der Waals surface area contributed by atoms with Gasteiger partial charge in [0.2, 0.25) is 0 Å². The summed E-state index contributed by atoms with van der Waals surface area (Å²) in [6, 6.07) is 9.35. The van der Waals surface area contributed by atoms with Gasteiger partial charge in [0.1, 0.15) is 4.90 Å². The van der Waals surface area contributed by atoms with Gasteiger partial charge in [-0.05, 0) is 35.9 Å². The highest BCUT2D eigenvalue weighted by Gasteiger charge is 2.24. The first-order valence-corrected chi connectivity index (χ1v) is 8.58. The summed E-state index contributed by atoms with van der Waals surface area (Å²) in [5, 5.41) is 4.04. The van der Waals surface area contributed by atoms with E-state index in [1.807, 2.05) is 0 Å². The molecule has 3 rings (SSSR count). The molecule has 130 valence electrons. The summed E-state index contributed by atoms with van der Waals surface area (Å²) in [6.45, 7) is 0.405. The summed E-state index contributed by atoms with van der Waals surface area (Å²) in [5.74, 6) is -5.06. The van der Waals surface area contributed by atoms with Crippen LogP contribution in [-0.2, 0) is 16.6 Å². The lowest BCUT2D eigenvalue weighted by Gasteiger charge is -2.11. The molecule has 0 bridgehead atoms. The number of hydrogen-bond donors (Lipinski definition) is 1. The molecule has 0 saturated carbocycles. The van der Waals surface area contributed by atoms with Crippen molar-refractivity contribution in [2.45, 2.75) is 11.4 Å². The van der Waals surface area contributed by atoms with Gasteiger partial charge < -0.3 is 0 Å². The minimum absolute atomic E-state index is 0.161. The zero-order valence-electron chi connectivity index (χ0n) is 12.7. The van der Waals surface area contributed by atoms with Crippen LogP contribution >= 0.6 is 0 Å². The summed E-state index contributed by atoms with van der Waals surface area (Å²) in [5.41, 5.74) is 0.906. The smallest absolute Gasteiger partial charge is 0.264 e. The van der Waals surface area contributed by atoms with E-state index in [9.17, 15) is 21.6 Å². The molecule has 9 heteroatoms. The summed E-state index contributed by atoms with van der Waals surface area (Å²) in [7, 11) is -4.42. The molecule has 0 aliphatic carbocycles. The lowest BCUT2D eigenvalue weighted by Crippen LogP contribution is -2.16. The highest BCUT2D eigenvalue weighted by molar-refractivity contribution is 7.92. The average Bonchev–Trinajstić information content (AvgIpc) is 3.05. The van der Waals surface area contributed by atoms with Gasteiger partial charge in [-0.1, -0.05) is 12.1 Å². The Kier molecular flexibility index (Phi) is 4.49. The van der Waals surface area contributed by atoms with Crippen molar-refractivity contribution >= 4 is 15.7 Å². The molecule has 0 amide bonds. The molecule has 1 heterocycles. The lowest BCUT2D eigenvalue weighted by molar-refractivity contribution is 0.432. The Labute approximate surface area is 141 Å². The Balaban J connectivity index is 1.87. The Morgan fingerprint density at radius 1 is 1.04 bits per heavy atom. The van der Waals surface area contributed by atoms with Crippen LogP contribution in [0.5, 0.6) is 0 Å². The first-order valence-electron chi connectivity index (χ1n) is 7.09. The van der Waals surface area contributed by atoms with Crippen molar-refractivity contribution in [3.8, 4) is 0 Å². The Morgan fingerprint density at radius 2 is 1.84 bits per heavy atom. The number of nitrogens with zero attached hydrogens (tertiary/aromatic N) is 2. The molecule has 25 heavy (non-hydrogen) atoms. The molecule has 1 N–H and O–H groups in total. The Morgan fingerprint density at radius 3 is 2.56 bits per heavy atom. The van der Waals surface area contributed by atoms with Crippen molar-refractivity contribution in [3.05, 3.63) is 77.9 Å². The van der Waals surface area contributed by atoms with Crippen LogP contribution in [0.25, 0.3) is 0 Å². The third-order valence-electron chi connectivity index (χ3n) is 3.37. The van der Waals surface area contributed by atoms with Gasteiger partial charge in [0, 0.05) is 18.1 Å². The van der Waals surface area contributed by atoms with Crippen molar-refractivity contribution in [1.82, 2.24) is 9.78 Å². The standard InChI is InChI=1S/C16H12F3N3O2S/c17-13-5-6-14(16(19)15(13)18)25(23,24)21-12-4-1-3-11(9-12)10-22-8-2-7-20-22/h1-9,21H,10H2. The topological polar surface area (TPSA) is 64.0 Å². The number of rotatable bonds is 5. The quantitative estimate of drug-likeness (QED) is 0.705. The molecule has 0 spiro atoms. The summed E-state index contributed by atoms with van der Waals surface area (Å²) in [4.78, 5) is -0.969. The zero-order chi connectivity index (χ0) is 18.0. The molecule has 0 unspecified atom stereocenters. The van der Waals surface area contributed by atoms with Gasteiger partial charge in [-0.3, -0.25) is 9.40 Å². The van der Waals surface area contributed by atoms with Crippen molar-refractivity contribution < 1.29 is 21.6 Å². The van der Waals surface area contributed by atoms with E-state index in [4.69, 9.17) is 0 Å². The lowest BCUT2D eigenvalue weighted by atomic mass is 10.2. The van der Waals surface area contributed by atoms with Crippen LogP contribution in [0, 0.1) is 17.5 Å². The van der Waals surface area contributed by atoms with Crippen molar-refractivity contribution in [2.75, 3.05) is 4.72 Å². The van der Waals surface area contributed by atoms with Crippen LogP contribution in [0.3, 0.4) is 0 Å². The van der Waals surface area contributed by atoms with E-state index in [1.165, 1.54) is 12.1 Å². The van der Waals surface area contributed by atoms with Crippen LogP contribution < -0.4 is 4.72 Å². The minimum Gasteiger partial charge on any atom is -0.280 e. The van der Waals surface area contributed by atoms with E-state index >= 15 is 0 Å². The largest absolute Gasteiger partial charge is 0.280 e. The second-order valence-corrected chi connectivity index (χ2v) is 6.83. The van der Waals surface area contributed by atoms with Crippen molar-refractivity contribution in [2.24, 2.45) is 0 Å². The van der Waals surface area contributed by atoms with E-state index in [0.29, 0.717) is 18.7 Å². The summed E-state index contributed by atoms with van der Waals surface area (Å²) in [6.07, 6.45) is 3.35. The molecule has 0 aliphatic rings. The molecule has 0 aliphatic heterocycles. The number of sulfonamides is 1. The Bertz CT molecular complexity index is 1010. The van der Waals surface area contributed by atoms with Crippen molar-refractivity contribution in [3.63, 3.8) is 0 Å². The van der Waals surface area contributed by atoms with Gasteiger partial charge in [0.05, 0.1) is 6.54 Å². The maximum Gasteiger partial charge on any atom is 0.264 e. The second-order valence-electron chi connectivity index (χ2n) is 5.18. The van der Waals surface area contributed by atoms with Gasteiger partial charge in [0.15, 0.2) is 17.5 Å². The van der Waals surface area contributed by atoms with Crippen LogP contribution in [0.1, 0.15) is 5.56 Å². The normalized spacial score (nSPS) is 11.5. The van der Waals surface area contributed by atoms with E-state index in [0.717, 1.165) is 5.56 Å². The van der Waals surface area contributed by atoms with Gasteiger partial charge in [0.25, 0.3) is 10.0 Å². The fourth-order valence-electron chi connectivity index (χ4n) is 2.24.